The minimum Gasteiger partial charge on any atom is -0.493 e. The first-order valence-electron chi connectivity index (χ1n) is 11.1. The summed E-state index contributed by atoms with van der Waals surface area (Å²) in [6.07, 6.45) is 1.77. The van der Waals surface area contributed by atoms with E-state index in [-0.39, 0.29) is 18.5 Å². The number of ether oxygens (including phenoxy) is 3. The smallest absolute Gasteiger partial charge is 0.251 e. The van der Waals surface area contributed by atoms with Gasteiger partial charge in [-0.15, -0.1) is 0 Å². The molecular formula is C25H33N3O5. The third-order valence-electron chi connectivity index (χ3n) is 5.78. The molecule has 2 aromatic carbocycles. The number of benzene rings is 2. The second-order valence-corrected chi connectivity index (χ2v) is 8.20. The first-order valence-corrected chi connectivity index (χ1v) is 11.1. The second-order valence-electron chi connectivity index (χ2n) is 8.20. The second kappa shape index (κ2) is 11.6. The Morgan fingerprint density at radius 1 is 1.00 bits per heavy atom. The molecule has 1 fully saturated rings. The topological polar surface area (TPSA) is 89.1 Å². The van der Waals surface area contributed by atoms with E-state index in [9.17, 15) is 9.59 Å². The van der Waals surface area contributed by atoms with Gasteiger partial charge >= 0.3 is 0 Å². The Kier molecular flexibility index (Phi) is 8.54. The first-order chi connectivity index (χ1) is 15.9. The maximum atomic E-state index is 12.6. The summed E-state index contributed by atoms with van der Waals surface area (Å²) < 4.78 is 15.8. The van der Waals surface area contributed by atoms with Crippen molar-refractivity contribution in [1.29, 1.82) is 0 Å². The fourth-order valence-corrected chi connectivity index (χ4v) is 4.06. The predicted octanol–water partition coefficient (Wildman–Crippen LogP) is 2.53. The summed E-state index contributed by atoms with van der Waals surface area (Å²) in [6, 6.07) is 11.8. The molecule has 0 unspecified atom stereocenters. The molecule has 0 aromatic heterocycles. The van der Waals surface area contributed by atoms with Crippen LogP contribution in [-0.2, 0) is 11.3 Å². The highest BCUT2D eigenvalue weighted by atomic mass is 16.5. The molecule has 0 atom stereocenters. The highest BCUT2D eigenvalue weighted by molar-refractivity contribution is 5.97. The van der Waals surface area contributed by atoms with Crippen molar-refractivity contribution in [2.24, 2.45) is 0 Å². The molecule has 8 nitrogen and oxygen atoms in total. The number of carbonyl (C=O) groups excluding carboxylic acids is 2. The Morgan fingerprint density at radius 2 is 1.67 bits per heavy atom. The van der Waals surface area contributed by atoms with Crippen LogP contribution < -0.4 is 24.8 Å². The number of amides is 2. The van der Waals surface area contributed by atoms with Gasteiger partial charge in [0.25, 0.3) is 5.91 Å². The van der Waals surface area contributed by atoms with Gasteiger partial charge in [-0.05, 0) is 37.5 Å². The van der Waals surface area contributed by atoms with Crippen LogP contribution in [0.2, 0.25) is 0 Å². The van der Waals surface area contributed by atoms with E-state index in [0.717, 1.165) is 32.5 Å². The molecule has 0 radical (unpaired) electrons. The van der Waals surface area contributed by atoms with Gasteiger partial charge in [-0.3, -0.25) is 14.5 Å². The number of hydrogen-bond donors (Lipinski definition) is 2. The minimum atomic E-state index is -0.391. The quantitative estimate of drug-likeness (QED) is 0.604. The predicted molar refractivity (Wildman–Crippen MR) is 126 cm³/mol. The number of hydrogen-bond acceptors (Lipinski definition) is 6. The third kappa shape index (κ3) is 6.61. The van der Waals surface area contributed by atoms with Gasteiger partial charge in [-0.25, -0.2) is 0 Å². The van der Waals surface area contributed by atoms with Crippen LogP contribution in [0.1, 0.15) is 34.3 Å². The summed E-state index contributed by atoms with van der Waals surface area (Å²) in [5.41, 5.74) is 2.90. The van der Waals surface area contributed by atoms with E-state index in [2.05, 4.69) is 46.7 Å². The van der Waals surface area contributed by atoms with Crippen molar-refractivity contribution >= 4 is 11.8 Å². The molecule has 1 heterocycles. The summed E-state index contributed by atoms with van der Waals surface area (Å²) in [6.45, 7) is 4.78. The van der Waals surface area contributed by atoms with E-state index in [1.165, 1.54) is 32.5 Å². The lowest BCUT2D eigenvalue weighted by atomic mass is 10.0. The van der Waals surface area contributed by atoms with Gasteiger partial charge in [0.2, 0.25) is 11.7 Å². The Balaban J connectivity index is 1.45. The van der Waals surface area contributed by atoms with Crippen molar-refractivity contribution in [1.82, 2.24) is 15.5 Å². The molecule has 0 aliphatic carbocycles. The monoisotopic (exact) mass is 455 g/mol. The summed E-state index contributed by atoms with van der Waals surface area (Å²) in [7, 11) is 4.47. The Labute approximate surface area is 195 Å². The lowest BCUT2D eigenvalue weighted by Crippen LogP contribution is -2.47. The molecule has 178 valence electrons. The Hall–Kier alpha value is -3.26. The van der Waals surface area contributed by atoms with Crippen molar-refractivity contribution < 1.29 is 23.8 Å². The fraction of sp³-hybridized carbons (Fsp3) is 0.440. The molecule has 0 spiro atoms. The maximum Gasteiger partial charge on any atom is 0.251 e. The molecule has 2 aromatic rings. The number of methoxy groups -OCH3 is 3. The molecule has 0 saturated carbocycles. The lowest BCUT2D eigenvalue weighted by molar-refractivity contribution is -0.121. The van der Waals surface area contributed by atoms with Crippen molar-refractivity contribution in [2.45, 2.75) is 32.4 Å². The standard InChI is InChI=1S/C25H33N3O5/c1-17-6-5-7-18(12-17)16-28-10-8-20(9-11-28)27-23(29)15-26-25(30)19-13-21(31-2)24(33-4)22(14-19)32-3/h5-7,12-14,20H,8-11,15-16H2,1-4H3,(H,26,30)(H,27,29). The van der Waals surface area contributed by atoms with Crippen LogP contribution in [-0.4, -0.2) is 63.7 Å². The van der Waals surface area contributed by atoms with Gasteiger partial charge in [0.1, 0.15) is 0 Å². The maximum absolute atomic E-state index is 12.6. The van der Waals surface area contributed by atoms with Gasteiger partial charge in [0.05, 0.1) is 27.9 Å². The minimum absolute atomic E-state index is 0.0982. The van der Waals surface area contributed by atoms with E-state index >= 15 is 0 Å². The van der Waals surface area contributed by atoms with E-state index in [1.807, 2.05) is 0 Å². The average Bonchev–Trinajstić information content (AvgIpc) is 2.82. The van der Waals surface area contributed by atoms with Crippen LogP contribution in [0.15, 0.2) is 36.4 Å². The molecule has 0 bridgehead atoms. The van der Waals surface area contributed by atoms with E-state index in [4.69, 9.17) is 14.2 Å². The molecule has 1 aliphatic heterocycles. The lowest BCUT2D eigenvalue weighted by Gasteiger charge is -2.32. The van der Waals surface area contributed by atoms with E-state index in [0.29, 0.717) is 22.8 Å². The average molecular weight is 456 g/mol. The largest absolute Gasteiger partial charge is 0.493 e. The van der Waals surface area contributed by atoms with Crippen LogP contribution in [0, 0.1) is 6.92 Å². The number of likely N-dealkylation sites (tertiary alicyclic amines) is 1. The van der Waals surface area contributed by atoms with Crippen molar-refractivity contribution in [2.75, 3.05) is 41.0 Å². The number of nitrogens with one attached hydrogen (secondary N) is 2. The zero-order chi connectivity index (χ0) is 23.8. The first kappa shape index (κ1) is 24.4. The fourth-order valence-electron chi connectivity index (χ4n) is 4.06. The summed E-state index contributed by atoms with van der Waals surface area (Å²) in [5.74, 6) is 0.570. The van der Waals surface area contributed by atoms with Crippen molar-refractivity contribution in [3.8, 4) is 17.2 Å². The number of rotatable bonds is 9. The summed E-state index contributed by atoms with van der Waals surface area (Å²) in [5, 5.41) is 5.69. The molecule has 3 rings (SSSR count). The molecule has 33 heavy (non-hydrogen) atoms. The van der Waals surface area contributed by atoms with Crippen LogP contribution in [0.5, 0.6) is 17.2 Å². The summed E-state index contributed by atoms with van der Waals surface area (Å²) in [4.78, 5) is 27.4. The van der Waals surface area contributed by atoms with Crippen LogP contribution in [0.4, 0.5) is 0 Å². The van der Waals surface area contributed by atoms with Crippen LogP contribution >= 0.6 is 0 Å². The zero-order valence-electron chi connectivity index (χ0n) is 19.8. The molecule has 1 saturated heterocycles. The van der Waals surface area contributed by atoms with E-state index in [1.54, 1.807) is 12.1 Å². The highest BCUT2D eigenvalue weighted by Crippen LogP contribution is 2.38. The SMILES string of the molecule is COc1cc(C(=O)NCC(=O)NC2CCN(Cc3cccc(C)c3)CC2)cc(OC)c1OC. The van der Waals surface area contributed by atoms with Gasteiger partial charge < -0.3 is 24.8 Å². The molecule has 2 N–H and O–H groups in total. The van der Waals surface area contributed by atoms with Gasteiger partial charge in [-0.1, -0.05) is 29.8 Å². The highest BCUT2D eigenvalue weighted by Gasteiger charge is 2.22. The van der Waals surface area contributed by atoms with Gasteiger partial charge in [-0.2, -0.15) is 0 Å². The Bertz CT molecular complexity index is 945. The van der Waals surface area contributed by atoms with Gasteiger partial charge in [0.15, 0.2) is 11.5 Å². The number of carbonyl (C=O) groups is 2. The molecule has 2 amide bonds. The normalized spacial score (nSPS) is 14.4. The van der Waals surface area contributed by atoms with Crippen LogP contribution in [0.25, 0.3) is 0 Å². The Morgan fingerprint density at radius 3 is 2.24 bits per heavy atom. The van der Waals surface area contributed by atoms with Crippen molar-refractivity contribution in [3.63, 3.8) is 0 Å². The molecular weight excluding hydrogens is 422 g/mol. The van der Waals surface area contributed by atoms with Gasteiger partial charge in [0, 0.05) is 31.2 Å². The van der Waals surface area contributed by atoms with Crippen LogP contribution in [0.3, 0.4) is 0 Å². The third-order valence-corrected chi connectivity index (χ3v) is 5.78. The van der Waals surface area contributed by atoms with Crippen molar-refractivity contribution in [3.05, 3.63) is 53.1 Å². The molecule has 1 aliphatic rings. The number of aryl methyl sites for hydroxylation is 1. The molecule has 8 heteroatoms. The summed E-state index contributed by atoms with van der Waals surface area (Å²) >= 11 is 0. The zero-order valence-corrected chi connectivity index (χ0v) is 19.8. The van der Waals surface area contributed by atoms with E-state index < -0.39 is 5.91 Å². The number of nitrogens with zero attached hydrogens (tertiary/aromatic N) is 1. The number of piperidine rings is 1.